The first-order chi connectivity index (χ1) is 5.36. The fourth-order valence-corrected chi connectivity index (χ4v) is 0.947. The molecule has 0 unspecified atom stereocenters. The number of benzene rings is 1. The van der Waals surface area contributed by atoms with Crippen molar-refractivity contribution in [2.24, 2.45) is 0 Å². The van der Waals surface area contributed by atoms with Crippen molar-refractivity contribution in [1.29, 1.82) is 0 Å². The number of aryl methyl sites for hydroxylation is 1. The standard InChI is InChI=1S/C9H12FN/c1-11-9-4-2-8(3-5-9)6-7-10/h2-5,11H,6-7H2,1H3. The summed E-state index contributed by atoms with van der Waals surface area (Å²) in [6.45, 7) is -0.279. The summed E-state index contributed by atoms with van der Waals surface area (Å²) >= 11 is 0. The average Bonchev–Trinajstić information content (AvgIpc) is 2.07. The second kappa shape index (κ2) is 3.96. The van der Waals surface area contributed by atoms with Crippen molar-refractivity contribution in [3.63, 3.8) is 0 Å². The van der Waals surface area contributed by atoms with Crippen LogP contribution in [0.1, 0.15) is 5.56 Å². The van der Waals surface area contributed by atoms with Crippen molar-refractivity contribution >= 4 is 5.69 Å². The molecule has 0 aromatic heterocycles. The van der Waals surface area contributed by atoms with E-state index in [0.29, 0.717) is 6.42 Å². The van der Waals surface area contributed by atoms with Crippen LogP contribution in [0, 0.1) is 0 Å². The number of rotatable bonds is 3. The maximum absolute atomic E-state index is 11.8. The van der Waals surface area contributed by atoms with Gasteiger partial charge in [0.05, 0.1) is 6.67 Å². The topological polar surface area (TPSA) is 12.0 Å². The lowest BCUT2D eigenvalue weighted by Gasteiger charge is -2.00. The van der Waals surface area contributed by atoms with Gasteiger partial charge >= 0.3 is 0 Å². The second-order valence-corrected chi connectivity index (χ2v) is 2.39. The van der Waals surface area contributed by atoms with Gasteiger partial charge in [0.15, 0.2) is 0 Å². The Morgan fingerprint density at radius 2 is 1.91 bits per heavy atom. The highest BCUT2D eigenvalue weighted by molar-refractivity contribution is 5.43. The molecule has 1 aromatic rings. The van der Waals surface area contributed by atoms with Gasteiger partial charge in [-0.1, -0.05) is 12.1 Å². The average molecular weight is 153 g/mol. The van der Waals surface area contributed by atoms with Gasteiger partial charge in [0.2, 0.25) is 0 Å². The zero-order chi connectivity index (χ0) is 8.10. The Morgan fingerprint density at radius 1 is 1.27 bits per heavy atom. The van der Waals surface area contributed by atoms with Crippen molar-refractivity contribution in [3.05, 3.63) is 29.8 Å². The maximum Gasteiger partial charge on any atom is 0.0934 e. The Balaban J connectivity index is 2.66. The lowest BCUT2D eigenvalue weighted by atomic mass is 10.1. The molecule has 0 saturated carbocycles. The van der Waals surface area contributed by atoms with Gasteiger partial charge in [-0.15, -0.1) is 0 Å². The highest BCUT2D eigenvalue weighted by Crippen LogP contribution is 2.08. The molecule has 1 N–H and O–H groups in total. The highest BCUT2D eigenvalue weighted by Gasteiger charge is 1.91. The van der Waals surface area contributed by atoms with E-state index in [9.17, 15) is 4.39 Å². The third-order valence-corrected chi connectivity index (χ3v) is 1.63. The van der Waals surface area contributed by atoms with Crippen molar-refractivity contribution in [2.45, 2.75) is 6.42 Å². The predicted octanol–water partition coefficient (Wildman–Crippen LogP) is 2.24. The largest absolute Gasteiger partial charge is 0.388 e. The summed E-state index contributed by atoms with van der Waals surface area (Å²) in [5, 5.41) is 3.00. The van der Waals surface area contributed by atoms with Crippen LogP contribution < -0.4 is 5.32 Å². The SMILES string of the molecule is CNc1ccc(CCF)cc1. The minimum atomic E-state index is -0.279. The van der Waals surface area contributed by atoms with Crippen molar-refractivity contribution in [3.8, 4) is 0 Å². The molecular weight excluding hydrogens is 141 g/mol. The van der Waals surface area contributed by atoms with Gasteiger partial charge in [0.25, 0.3) is 0 Å². The van der Waals surface area contributed by atoms with Gasteiger partial charge in [0, 0.05) is 19.2 Å². The first-order valence-corrected chi connectivity index (χ1v) is 3.69. The van der Waals surface area contributed by atoms with E-state index in [1.165, 1.54) is 0 Å². The molecule has 1 aromatic carbocycles. The predicted molar refractivity (Wildman–Crippen MR) is 45.7 cm³/mol. The molecule has 0 saturated heterocycles. The van der Waals surface area contributed by atoms with Gasteiger partial charge < -0.3 is 5.32 Å². The lowest BCUT2D eigenvalue weighted by molar-refractivity contribution is 0.495. The van der Waals surface area contributed by atoms with Crippen LogP contribution in [-0.4, -0.2) is 13.7 Å². The van der Waals surface area contributed by atoms with Crippen LogP contribution in [0.3, 0.4) is 0 Å². The molecule has 0 radical (unpaired) electrons. The summed E-state index contributed by atoms with van der Waals surface area (Å²) in [6.07, 6.45) is 0.518. The minimum Gasteiger partial charge on any atom is -0.388 e. The summed E-state index contributed by atoms with van der Waals surface area (Å²) in [7, 11) is 1.87. The quantitative estimate of drug-likeness (QED) is 0.702. The van der Waals surface area contributed by atoms with Gasteiger partial charge in [-0.25, -0.2) is 0 Å². The Morgan fingerprint density at radius 3 is 2.36 bits per heavy atom. The molecule has 2 heteroatoms. The monoisotopic (exact) mass is 153 g/mol. The van der Waals surface area contributed by atoms with E-state index in [4.69, 9.17) is 0 Å². The minimum absolute atomic E-state index is 0.279. The fourth-order valence-electron chi connectivity index (χ4n) is 0.947. The van der Waals surface area contributed by atoms with Crippen molar-refractivity contribution in [2.75, 3.05) is 19.0 Å². The van der Waals surface area contributed by atoms with Crippen LogP contribution in [-0.2, 0) is 6.42 Å². The zero-order valence-electron chi connectivity index (χ0n) is 6.60. The normalized spacial score (nSPS) is 9.64. The zero-order valence-corrected chi connectivity index (χ0v) is 6.60. The number of alkyl halides is 1. The number of anilines is 1. The number of hydrogen-bond donors (Lipinski definition) is 1. The maximum atomic E-state index is 11.8. The van der Waals surface area contributed by atoms with Gasteiger partial charge in [-0.05, 0) is 17.7 Å². The van der Waals surface area contributed by atoms with Crippen LogP contribution in [0.25, 0.3) is 0 Å². The molecule has 0 aliphatic rings. The van der Waals surface area contributed by atoms with Crippen LogP contribution >= 0.6 is 0 Å². The Hall–Kier alpha value is -1.05. The van der Waals surface area contributed by atoms with Crippen LogP contribution in [0.5, 0.6) is 0 Å². The molecule has 0 aliphatic heterocycles. The molecule has 0 amide bonds. The third kappa shape index (κ3) is 2.22. The first-order valence-electron chi connectivity index (χ1n) is 3.69. The Kier molecular flexibility index (Phi) is 2.90. The molecule has 60 valence electrons. The summed E-state index contributed by atoms with van der Waals surface area (Å²) in [5.41, 5.74) is 2.11. The molecule has 0 fully saturated rings. The van der Waals surface area contributed by atoms with E-state index in [2.05, 4.69) is 5.32 Å². The smallest absolute Gasteiger partial charge is 0.0934 e. The van der Waals surface area contributed by atoms with Gasteiger partial charge in [-0.3, -0.25) is 4.39 Å². The van der Waals surface area contributed by atoms with Crippen molar-refractivity contribution in [1.82, 2.24) is 0 Å². The Bertz CT molecular complexity index is 205. The Labute approximate surface area is 66.2 Å². The molecule has 0 heterocycles. The van der Waals surface area contributed by atoms with Crippen LogP contribution in [0.15, 0.2) is 24.3 Å². The lowest BCUT2D eigenvalue weighted by Crippen LogP contribution is -1.89. The van der Waals surface area contributed by atoms with E-state index in [0.717, 1.165) is 11.3 Å². The van der Waals surface area contributed by atoms with Gasteiger partial charge in [-0.2, -0.15) is 0 Å². The molecule has 0 atom stereocenters. The van der Waals surface area contributed by atoms with E-state index in [-0.39, 0.29) is 6.67 Å². The van der Waals surface area contributed by atoms with E-state index in [1.54, 1.807) is 0 Å². The molecule has 0 spiro atoms. The molecular formula is C9H12FN. The fraction of sp³-hybridized carbons (Fsp3) is 0.333. The first kappa shape index (κ1) is 8.05. The van der Waals surface area contributed by atoms with Crippen molar-refractivity contribution < 1.29 is 4.39 Å². The van der Waals surface area contributed by atoms with E-state index < -0.39 is 0 Å². The number of nitrogens with one attached hydrogen (secondary N) is 1. The molecule has 1 nitrogen and oxygen atoms in total. The van der Waals surface area contributed by atoms with E-state index in [1.807, 2.05) is 31.3 Å². The van der Waals surface area contributed by atoms with Gasteiger partial charge in [0.1, 0.15) is 0 Å². The summed E-state index contributed by atoms with van der Waals surface area (Å²) in [6, 6.07) is 7.77. The summed E-state index contributed by atoms with van der Waals surface area (Å²) < 4.78 is 11.8. The number of hydrogen-bond acceptors (Lipinski definition) is 1. The molecule has 0 aliphatic carbocycles. The van der Waals surface area contributed by atoms with Crippen LogP contribution in [0.2, 0.25) is 0 Å². The summed E-state index contributed by atoms with van der Waals surface area (Å²) in [5.74, 6) is 0. The second-order valence-electron chi connectivity index (χ2n) is 2.39. The van der Waals surface area contributed by atoms with Crippen LogP contribution in [0.4, 0.5) is 10.1 Å². The van der Waals surface area contributed by atoms with E-state index >= 15 is 0 Å². The third-order valence-electron chi connectivity index (χ3n) is 1.63. The molecule has 11 heavy (non-hydrogen) atoms. The number of halogens is 1. The molecule has 0 bridgehead atoms. The molecule has 1 rings (SSSR count). The summed E-state index contributed by atoms with van der Waals surface area (Å²) in [4.78, 5) is 0. The highest BCUT2D eigenvalue weighted by atomic mass is 19.1.